The van der Waals surface area contributed by atoms with E-state index >= 15 is 0 Å². The average molecular weight is 293 g/mol. The van der Waals surface area contributed by atoms with Crippen molar-refractivity contribution in [1.29, 1.82) is 0 Å². The van der Waals surface area contributed by atoms with Gasteiger partial charge in [0.1, 0.15) is 5.60 Å². The van der Waals surface area contributed by atoms with Crippen molar-refractivity contribution in [3.8, 4) is 0 Å². The molecule has 0 saturated heterocycles. The maximum absolute atomic E-state index is 6.34. The van der Waals surface area contributed by atoms with Crippen LogP contribution in [0.15, 0.2) is 4.52 Å². The first-order chi connectivity index (χ1) is 10.1. The highest BCUT2D eigenvalue weighted by Gasteiger charge is 2.45. The van der Waals surface area contributed by atoms with E-state index in [1.807, 2.05) is 6.92 Å². The fourth-order valence-electron chi connectivity index (χ4n) is 3.92. The smallest absolute Gasteiger partial charge is 0.234 e. The molecule has 2 N–H and O–H groups in total. The summed E-state index contributed by atoms with van der Waals surface area (Å²) < 4.78 is 11.7. The first-order valence-electron chi connectivity index (χ1n) is 8.35. The number of nitrogens with two attached hydrogens (primary N) is 1. The summed E-state index contributed by atoms with van der Waals surface area (Å²) in [6.45, 7) is 4.87. The number of hydrogen-bond acceptors (Lipinski definition) is 5. The molecule has 3 rings (SSSR count). The lowest BCUT2D eigenvalue weighted by atomic mass is 9.72. The van der Waals surface area contributed by atoms with Gasteiger partial charge in [-0.05, 0) is 52.4 Å². The van der Waals surface area contributed by atoms with E-state index in [2.05, 4.69) is 12.1 Å². The van der Waals surface area contributed by atoms with Gasteiger partial charge in [0.2, 0.25) is 11.7 Å². The van der Waals surface area contributed by atoms with Crippen LogP contribution in [-0.4, -0.2) is 22.8 Å². The van der Waals surface area contributed by atoms with Gasteiger partial charge in [0.05, 0.1) is 5.41 Å². The van der Waals surface area contributed by atoms with E-state index in [1.54, 1.807) is 0 Å². The van der Waals surface area contributed by atoms with Gasteiger partial charge in [0.15, 0.2) is 0 Å². The van der Waals surface area contributed by atoms with Gasteiger partial charge in [-0.25, -0.2) is 0 Å². The fraction of sp³-hybridized carbons (Fsp3) is 0.875. The Morgan fingerprint density at radius 3 is 2.62 bits per heavy atom. The van der Waals surface area contributed by atoms with E-state index < -0.39 is 0 Å². The van der Waals surface area contributed by atoms with Crippen molar-refractivity contribution in [2.75, 3.05) is 6.61 Å². The van der Waals surface area contributed by atoms with Gasteiger partial charge in [0.25, 0.3) is 0 Å². The van der Waals surface area contributed by atoms with Gasteiger partial charge >= 0.3 is 0 Å². The Morgan fingerprint density at radius 2 is 1.95 bits per heavy atom. The molecule has 1 aromatic heterocycles. The van der Waals surface area contributed by atoms with Crippen LogP contribution in [0.5, 0.6) is 0 Å². The first kappa shape index (κ1) is 15.0. The third kappa shape index (κ3) is 2.50. The van der Waals surface area contributed by atoms with E-state index in [4.69, 9.17) is 20.0 Å². The monoisotopic (exact) mass is 293 g/mol. The summed E-state index contributed by atoms with van der Waals surface area (Å²) in [6, 6.07) is 0.103. The van der Waals surface area contributed by atoms with Crippen molar-refractivity contribution in [1.82, 2.24) is 10.1 Å². The van der Waals surface area contributed by atoms with Gasteiger partial charge in [-0.15, -0.1) is 0 Å². The van der Waals surface area contributed by atoms with Crippen molar-refractivity contribution in [3.63, 3.8) is 0 Å². The Kier molecular flexibility index (Phi) is 4.06. The van der Waals surface area contributed by atoms with Crippen molar-refractivity contribution >= 4 is 0 Å². The zero-order chi connectivity index (χ0) is 14.9. The molecule has 2 atom stereocenters. The molecule has 2 saturated carbocycles. The molecule has 0 radical (unpaired) electrons. The van der Waals surface area contributed by atoms with Crippen LogP contribution in [0.25, 0.3) is 0 Å². The molecule has 21 heavy (non-hydrogen) atoms. The van der Waals surface area contributed by atoms with E-state index in [9.17, 15) is 0 Å². The summed E-state index contributed by atoms with van der Waals surface area (Å²) >= 11 is 0. The molecule has 5 nitrogen and oxygen atoms in total. The van der Waals surface area contributed by atoms with Crippen molar-refractivity contribution in [3.05, 3.63) is 11.7 Å². The zero-order valence-electron chi connectivity index (χ0n) is 13.2. The maximum Gasteiger partial charge on any atom is 0.234 e. The largest absolute Gasteiger partial charge is 0.367 e. The topological polar surface area (TPSA) is 74.2 Å². The van der Waals surface area contributed by atoms with Crippen LogP contribution in [0.2, 0.25) is 0 Å². The predicted octanol–water partition coefficient (Wildman–Crippen LogP) is 3.03. The van der Waals surface area contributed by atoms with Crippen LogP contribution >= 0.6 is 0 Å². The Bertz CT molecular complexity index is 463. The van der Waals surface area contributed by atoms with Gasteiger partial charge in [0, 0.05) is 12.6 Å². The standard InChI is InChI=1S/C16H27N3O2/c1-3-20-16(10-6-7-11-16)13-18-14(21-19-13)15(2)9-5-4-8-12(15)17/h12H,3-11,17H2,1-2H3. The maximum atomic E-state index is 6.34. The second-order valence-corrected chi connectivity index (χ2v) is 6.83. The number of ether oxygens (including phenoxy) is 1. The molecule has 2 unspecified atom stereocenters. The summed E-state index contributed by atoms with van der Waals surface area (Å²) in [4.78, 5) is 4.75. The highest BCUT2D eigenvalue weighted by atomic mass is 16.5. The van der Waals surface area contributed by atoms with E-state index in [1.165, 1.54) is 25.7 Å². The molecular formula is C16H27N3O2. The molecule has 0 spiro atoms. The van der Waals surface area contributed by atoms with E-state index in [-0.39, 0.29) is 17.1 Å². The summed E-state index contributed by atoms with van der Waals surface area (Å²) in [5, 5.41) is 4.28. The van der Waals surface area contributed by atoms with E-state index in [0.29, 0.717) is 12.5 Å². The third-order valence-electron chi connectivity index (χ3n) is 5.43. The van der Waals surface area contributed by atoms with Crippen LogP contribution in [0, 0.1) is 0 Å². The lowest BCUT2D eigenvalue weighted by molar-refractivity contribution is -0.0469. The van der Waals surface area contributed by atoms with Crippen molar-refractivity contribution in [2.24, 2.45) is 5.73 Å². The Hall–Kier alpha value is -0.940. The second kappa shape index (κ2) is 5.69. The molecule has 118 valence electrons. The number of aromatic nitrogens is 2. The summed E-state index contributed by atoms with van der Waals surface area (Å²) in [5.74, 6) is 1.44. The van der Waals surface area contributed by atoms with Crippen molar-refractivity contribution in [2.45, 2.75) is 82.3 Å². The molecule has 0 aliphatic heterocycles. The first-order valence-corrected chi connectivity index (χ1v) is 8.35. The Labute approximate surface area is 126 Å². The molecular weight excluding hydrogens is 266 g/mol. The highest BCUT2D eigenvalue weighted by molar-refractivity contribution is 5.13. The SMILES string of the molecule is CCOC1(c2noc(C3(C)CCCCC3N)n2)CCCC1. The third-order valence-corrected chi connectivity index (χ3v) is 5.43. The molecule has 1 aromatic rings. The molecule has 2 fully saturated rings. The quantitative estimate of drug-likeness (QED) is 0.923. The summed E-state index contributed by atoms with van der Waals surface area (Å²) in [7, 11) is 0. The molecule has 2 aliphatic carbocycles. The minimum absolute atomic E-state index is 0.103. The molecule has 2 aliphatic rings. The predicted molar refractivity (Wildman–Crippen MR) is 79.9 cm³/mol. The summed E-state index contributed by atoms with van der Waals surface area (Å²) in [6.07, 6.45) is 8.74. The minimum atomic E-state index is -0.328. The Balaban J connectivity index is 1.88. The van der Waals surface area contributed by atoms with Gasteiger partial charge < -0.3 is 15.0 Å². The summed E-state index contributed by atoms with van der Waals surface area (Å²) in [5.41, 5.74) is 5.83. The van der Waals surface area contributed by atoms with Crippen LogP contribution in [0.4, 0.5) is 0 Å². The zero-order valence-corrected chi connectivity index (χ0v) is 13.2. The minimum Gasteiger partial charge on any atom is -0.367 e. The lowest BCUT2D eigenvalue weighted by Gasteiger charge is -2.36. The van der Waals surface area contributed by atoms with Gasteiger partial charge in [-0.1, -0.05) is 18.0 Å². The highest BCUT2D eigenvalue weighted by Crippen LogP contribution is 2.43. The molecule has 0 bridgehead atoms. The second-order valence-electron chi connectivity index (χ2n) is 6.83. The number of nitrogens with zero attached hydrogens (tertiary/aromatic N) is 2. The molecule has 0 aromatic carbocycles. The van der Waals surface area contributed by atoms with E-state index in [0.717, 1.165) is 31.5 Å². The van der Waals surface area contributed by atoms with Gasteiger partial charge in [-0.2, -0.15) is 4.98 Å². The normalized spacial score (nSPS) is 32.4. The molecule has 0 amide bonds. The van der Waals surface area contributed by atoms with Crippen molar-refractivity contribution < 1.29 is 9.26 Å². The van der Waals surface area contributed by atoms with Crippen LogP contribution in [0.3, 0.4) is 0 Å². The molecule has 5 heteroatoms. The van der Waals surface area contributed by atoms with Crippen LogP contribution < -0.4 is 5.73 Å². The average Bonchev–Trinajstić information content (AvgIpc) is 3.12. The lowest BCUT2D eigenvalue weighted by Crippen LogP contribution is -2.45. The van der Waals surface area contributed by atoms with Crippen LogP contribution in [0.1, 0.15) is 76.9 Å². The fourth-order valence-corrected chi connectivity index (χ4v) is 3.92. The van der Waals surface area contributed by atoms with Gasteiger partial charge in [-0.3, -0.25) is 0 Å². The van der Waals surface area contributed by atoms with Crippen LogP contribution in [-0.2, 0) is 15.8 Å². The number of rotatable bonds is 4. The number of hydrogen-bond donors (Lipinski definition) is 1. The molecule has 1 heterocycles. The Morgan fingerprint density at radius 1 is 1.24 bits per heavy atom.